The van der Waals surface area contributed by atoms with Crippen molar-refractivity contribution in [1.29, 1.82) is 0 Å². The third kappa shape index (κ3) is 3.96. The maximum absolute atomic E-state index is 8.76. The van der Waals surface area contributed by atoms with E-state index in [0.717, 1.165) is 42.7 Å². The Hall–Kier alpha value is -1.03. The Labute approximate surface area is 122 Å². The van der Waals surface area contributed by atoms with E-state index in [1.165, 1.54) is 0 Å². The van der Waals surface area contributed by atoms with Crippen LogP contribution in [-0.2, 0) is 6.42 Å². The van der Waals surface area contributed by atoms with Gasteiger partial charge in [0.15, 0.2) is 0 Å². The molecule has 0 spiro atoms. The monoisotopic (exact) mass is 299 g/mol. The van der Waals surface area contributed by atoms with Crippen LogP contribution in [0.2, 0.25) is 10.4 Å². The minimum atomic E-state index is 0.155. The van der Waals surface area contributed by atoms with E-state index in [-0.39, 0.29) is 12.0 Å². The topological polar surface area (TPSA) is 46.3 Å². The fourth-order valence-electron chi connectivity index (χ4n) is 1.90. The fraction of sp³-hybridized carbons (Fsp3) is 0.357. The van der Waals surface area contributed by atoms with E-state index in [1.54, 1.807) is 0 Å². The second-order valence-corrected chi connectivity index (χ2v) is 5.04. The Bertz CT molecular complexity index is 523. The van der Waals surface area contributed by atoms with Gasteiger partial charge < -0.3 is 9.52 Å². The number of benzene rings is 1. The molecule has 0 saturated carbocycles. The van der Waals surface area contributed by atoms with Gasteiger partial charge in [0.25, 0.3) is 5.35 Å². The van der Waals surface area contributed by atoms with Gasteiger partial charge in [-0.3, -0.25) is 0 Å². The van der Waals surface area contributed by atoms with Gasteiger partial charge in [0.05, 0.1) is 0 Å². The zero-order chi connectivity index (χ0) is 13.7. The van der Waals surface area contributed by atoms with E-state index in [1.807, 2.05) is 24.3 Å². The molecular formula is C14H15Cl2NO2. The molecule has 0 fully saturated rings. The molecule has 0 bridgehead atoms. The predicted octanol–water partition coefficient (Wildman–Crippen LogP) is 4.35. The Balaban J connectivity index is 2.13. The van der Waals surface area contributed by atoms with E-state index < -0.39 is 0 Å². The van der Waals surface area contributed by atoms with E-state index in [2.05, 4.69) is 4.98 Å². The highest BCUT2D eigenvalue weighted by molar-refractivity contribution is 6.30. The molecule has 0 radical (unpaired) electrons. The summed E-state index contributed by atoms with van der Waals surface area (Å²) >= 11 is 11.7. The highest BCUT2D eigenvalue weighted by Crippen LogP contribution is 2.28. The Morgan fingerprint density at radius 2 is 1.79 bits per heavy atom. The van der Waals surface area contributed by atoms with Gasteiger partial charge in [0, 0.05) is 23.6 Å². The van der Waals surface area contributed by atoms with Crippen molar-refractivity contribution < 1.29 is 9.52 Å². The van der Waals surface area contributed by atoms with E-state index in [4.69, 9.17) is 32.7 Å². The average molecular weight is 300 g/mol. The van der Waals surface area contributed by atoms with Crippen molar-refractivity contribution in [3.8, 4) is 11.3 Å². The van der Waals surface area contributed by atoms with Gasteiger partial charge in [-0.25, -0.2) is 0 Å². The van der Waals surface area contributed by atoms with Crippen LogP contribution < -0.4 is 0 Å². The lowest BCUT2D eigenvalue weighted by atomic mass is 10.1. The van der Waals surface area contributed by atoms with Crippen molar-refractivity contribution in [3.05, 3.63) is 40.4 Å². The second-order valence-electron chi connectivity index (χ2n) is 4.28. The number of hydrogen-bond donors (Lipinski definition) is 1. The summed E-state index contributed by atoms with van der Waals surface area (Å²) in [5.41, 5.74) is 1.71. The number of rotatable bonds is 6. The molecular weight excluding hydrogens is 285 g/mol. The maximum atomic E-state index is 8.76. The summed E-state index contributed by atoms with van der Waals surface area (Å²) in [6.45, 7) is 0.223. The minimum absolute atomic E-state index is 0.155. The van der Waals surface area contributed by atoms with Crippen LogP contribution in [-0.4, -0.2) is 16.7 Å². The first-order valence-electron chi connectivity index (χ1n) is 6.22. The van der Waals surface area contributed by atoms with Crippen molar-refractivity contribution in [1.82, 2.24) is 4.98 Å². The van der Waals surface area contributed by atoms with Gasteiger partial charge in [-0.15, -0.1) is 0 Å². The first kappa shape index (κ1) is 14.4. The van der Waals surface area contributed by atoms with E-state index in [0.29, 0.717) is 5.02 Å². The Morgan fingerprint density at radius 1 is 1.05 bits per heavy atom. The van der Waals surface area contributed by atoms with Crippen molar-refractivity contribution in [2.75, 3.05) is 6.61 Å². The smallest absolute Gasteiger partial charge is 0.292 e. The molecule has 1 aromatic heterocycles. The predicted molar refractivity (Wildman–Crippen MR) is 76.6 cm³/mol. The lowest BCUT2D eigenvalue weighted by Crippen LogP contribution is -1.89. The number of unbranched alkanes of at least 4 members (excludes halogenated alkanes) is 2. The lowest BCUT2D eigenvalue weighted by molar-refractivity contribution is 0.282. The zero-order valence-electron chi connectivity index (χ0n) is 10.4. The SMILES string of the molecule is OCCCCCc1oc(Cl)nc1-c1ccc(Cl)cc1. The third-order valence-corrected chi connectivity index (χ3v) is 3.26. The third-order valence-electron chi connectivity index (χ3n) is 2.85. The van der Waals surface area contributed by atoms with Gasteiger partial charge >= 0.3 is 0 Å². The number of hydrogen-bond acceptors (Lipinski definition) is 3. The van der Waals surface area contributed by atoms with Crippen LogP contribution in [0.15, 0.2) is 28.7 Å². The highest BCUT2D eigenvalue weighted by Gasteiger charge is 2.13. The molecule has 0 aliphatic carbocycles. The van der Waals surface area contributed by atoms with Gasteiger partial charge in [0.1, 0.15) is 11.5 Å². The highest BCUT2D eigenvalue weighted by atomic mass is 35.5. The van der Waals surface area contributed by atoms with E-state index in [9.17, 15) is 0 Å². The Morgan fingerprint density at radius 3 is 2.47 bits per heavy atom. The van der Waals surface area contributed by atoms with Crippen LogP contribution in [0.4, 0.5) is 0 Å². The average Bonchev–Trinajstić information content (AvgIpc) is 2.77. The summed E-state index contributed by atoms with van der Waals surface area (Å²) in [5, 5.41) is 9.59. The van der Waals surface area contributed by atoms with Crippen LogP contribution >= 0.6 is 23.2 Å². The number of aliphatic hydroxyl groups is 1. The molecule has 2 aromatic rings. The molecule has 3 nitrogen and oxygen atoms in total. The van der Waals surface area contributed by atoms with Crippen molar-refractivity contribution >= 4 is 23.2 Å². The van der Waals surface area contributed by atoms with Crippen LogP contribution in [0.1, 0.15) is 25.0 Å². The summed E-state index contributed by atoms with van der Waals surface area (Å²) < 4.78 is 5.44. The van der Waals surface area contributed by atoms with Crippen molar-refractivity contribution in [2.45, 2.75) is 25.7 Å². The van der Waals surface area contributed by atoms with Gasteiger partial charge in [0.2, 0.25) is 0 Å². The fourth-order valence-corrected chi connectivity index (χ4v) is 2.20. The molecule has 1 aromatic carbocycles. The first-order valence-corrected chi connectivity index (χ1v) is 6.98. The number of nitrogens with zero attached hydrogens (tertiary/aromatic N) is 1. The largest absolute Gasteiger partial charge is 0.432 e. The molecule has 0 aliphatic heterocycles. The number of aryl methyl sites for hydroxylation is 1. The minimum Gasteiger partial charge on any atom is -0.432 e. The van der Waals surface area contributed by atoms with Crippen LogP contribution in [0.3, 0.4) is 0 Å². The quantitative estimate of drug-likeness (QED) is 0.807. The molecule has 1 heterocycles. The van der Waals surface area contributed by atoms with Crippen LogP contribution in [0.5, 0.6) is 0 Å². The first-order chi connectivity index (χ1) is 9.20. The molecule has 19 heavy (non-hydrogen) atoms. The van der Waals surface area contributed by atoms with Gasteiger partial charge in [-0.05, 0) is 36.6 Å². The summed E-state index contributed by atoms with van der Waals surface area (Å²) in [6.07, 6.45) is 3.46. The lowest BCUT2D eigenvalue weighted by Gasteiger charge is -2.01. The van der Waals surface area contributed by atoms with Crippen molar-refractivity contribution in [2.24, 2.45) is 0 Å². The summed E-state index contributed by atoms with van der Waals surface area (Å²) in [7, 11) is 0. The van der Waals surface area contributed by atoms with Crippen LogP contribution in [0.25, 0.3) is 11.3 Å². The summed E-state index contributed by atoms with van der Waals surface area (Å²) in [5.74, 6) is 0.783. The van der Waals surface area contributed by atoms with E-state index >= 15 is 0 Å². The molecule has 0 aliphatic rings. The maximum Gasteiger partial charge on any atom is 0.292 e. The van der Waals surface area contributed by atoms with Gasteiger partial charge in [-0.1, -0.05) is 30.2 Å². The second kappa shape index (κ2) is 6.94. The number of aromatic nitrogens is 1. The van der Waals surface area contributed by atoms with Gasteiger partial charge in [-0.2, -0.15) is 4.98 Å². The molecule has 1 N–H and O–H groups in total. The molecule has 102 valence electrons. The molecule has 0 unspecified atom stereocenters. The summed E-state index contributed by atoms with van der Waals surface area (Å²) in [6, 6.07) is 7.42. The normalized spacial score (nSPS) is 10.9. The molecule has 0 atom stereocenters. The van der Waals surface area contributed by atoms with Crippen molar-refractivity contribution in [3.63, 3.8) is 0 Å². The van der Waals surface area contributed by atoms with Crippen LogP contribution in [0, 0.1) is 0 Å². The number of oxazole rings is 1. The summed E-state index contributed by atoms with van der Waals surface area (Å²) in [4.78, 5) is 4.22. The number of aliphatic hydroxyl groups excluding tert-OH is 1. The standard InChI is InChI=1S/C14H15Cl2NO2/c15-11-7-5-10(6-8-11)13-12(19-14(16)17-13)4-2-1-3-9-18/h5-8,18H,1-4,9H2. The molecule has 2 rings (SSSR count). The molecule has 0 saturated heterocycles. The zero-order valence-corrected chi connectivity index (χ0v) is 11.9. The molecule has 5 heteroatoms. The Kier molecular flexibility index (Phi) is 5.25. The number of halogens is 2. The molecule has 0 amide bonds.